The Bertz CT molecular complexity index is 651. The smallest absolute Gasteiger partial charge is 0.261 e. The fraction of sp³-hybridized carbons (Fsp3) is 0.467. The number of rotatable bonds is 5. The van der Waals surface area contributed by atoms with Crippen LogP contribution in [0.3, 0.4) is 0 Å². The van der Waals surface area contributed by atoms with Gasteiger partial charge in [-0.05, 0) is 46.1 Å². The first-order valence-electron chi connectivity index (χ1n) is 6.75. The molecule has 1 aromatic heterocycles. The van der Waals surface area contributed by atoms with E-state index in [4.69, 9.17) is 11.6 Å². The molecule has 0 aliphatic heterocycles. The zero-order valence-electron chi connectivity index (χ0n) is 12.1. The second-order valence-electron chi connectivity index (χ2n) is 5.29. The van der Waals surface area contributed by atoms with Crippen LogP contribution in [0.1, 0.15) is 25.2 Å². The van der Waals surface area contributed by atoms with Crippen molar-refractivity contribution in [1.82, 2.24) is 14.5 Å². The standard InChI is InChI=1S/C15H20ClN3O/c1-11(8-9-18(2)3)19-14(10-16)17-13-7-5-4-6-12(13)15(19)20/h4-7,11H,8-10H2,1-3H3. The van der Waals surface area contributed by atoms with Crippen molar-refractivity contribution >= 4 is 22.5 Å². The Kier molecular flexibility index (Phi) is 4.78. The molecular weight excluding hydrogens is 274 g/mol. The van der Waals surface area contributed by atoms with Gasteiger partial charge < -0.3 is 4.90 Å². The normalized spacial score (nSPS) is 13.1. The minimum atomic E-state index is -0.00231. The summed E-state index contributed by atoms with van der Waals surface area (Å²) in [4.78, 5) is 19.3. The molecule has 1 atom stereocenters. The van der Waals surface area contributed by atoms with E-state index in [0.717, 1.165) is 13.0 Å². The monoisotopic (exact) mass is 293 g/mol. The van der Waals surface area contributed by atoms with Crippen molar-refractivity contribution in [2.24, 2.45) is 0 Å². The van der Waals surface area contributed by atoms with Crippen LogP contribution in [0.2, 0.25) is 0 Å². The summed E-state index contributed by atoms with van der Waals surface area (Å²) in [6, 6.07) is 7.49. The number of benzene rings is 1. The van der Waals surface area contributed by atoms with Crippen molar-refractivity contribution in [2.75, 3.05) is 20.6 Å². The van der Waals surface area contributed by atoms with E-state index in [2.05, 4.69) is 9.88 Å². The number of hydrogen-bond acceptors (Lipinski definition) is 3. The molecule has 0 aliphatic carbocycles. The fourth-order valence-electron chi connectivity index (χ4n) is 2.31. The van der Waals surface area contributed by atoms with E-state index in [1.54, 1.807) is 4.57 Å². The van der Waals surface area contributed by atoms with Crippen LogP contribution in [-0.4, -0.2) is 35.1 Å². The van der Waals surface area contributed by atoms with Crippen molar-refractivity contribution < 1.29 is 0 Å². The quantitative estimate of drug-likeness (QED) is 0.796. The molecule has 1 heterocycles. The van der Waals surface area contributed by atoms with Crippen LogP contribution in [0.4, 0.5) is 0 Å². The first-order chi connectivity index (χ1) is 9.54. The maximum Gasteiger partial charge on any atom is 0.261 e. The first-order valence-corrected chi connectivity index (χ1v) is 7.29. The van der Waals surface area contributed by atoms with Crippen LogP contribution in [0.25, 0.3) is 10.9 Å². The largest absolute Gasteiger partial charge is 0.309 e. The lowest BCUT2D eigenvalue weighted by Crippen LogP contribution is -2.29. The van der Waals surface area contributed by atoms with E-state index in [0.29, 0.717) is 16.7 Å². The van der Waals surface area contributed by atoms with Gasteiger partial charge in [-0.25, -0.2) is 4.98 Å². The average molecular weight is 294 g/mol. The molecule has 0 spiro atoms. The highest BCUT2D eigenvalue weighted by atomic mass is 35.5. The van der Waals surface area contributed by atoms with Crippen molar-refractivity contribution in [3.63, 3.8) is 0 Å². The summed E-state index contributed by atoms with van der Waals surface area (Å²) >= 11 is 5.98. The molecule has 0 radical (unpaired) electrons. The van der Waals surface area contributed by atoms with Crippen molar-refractivity contribution in [2.45, 2.75) is 25.3 Å². The molecule has 0 amide bonds. The molecule has 0 saturated carbocycles. The van der Waals surface area contributed by atoms with Crippen LogP contribution < -0.4 is 5.56 Å². The molecule has 1 aromatic carbocycles. The number of fused-ring (bicyclic) bond motifs is 1. The van der Waals surface area contributed by atoms with Crippen LogP contribution in [-0.2, 0) is 5.88 Å². The minimum Gasteiger partial charge on any atom is -0.309 e. The number of nitrogens with zero attached hydrogens (tertiary/aromatic N) is 3. The third-order valence-electron chi connectivity index (χ3n) is 3.44. The van der Waals surface area contributed by atoms with Crippen molar-refractivity contribution in [3.8, 4) is 0 Å². The van der Waals surface area contributed by atoms with E-state index in [9.17, 15) is 4.79 Å². The van der Waals surface area contributed by atoms with Gasteiger partial charge in [0.25, 0.3) is 5.56 Å². The fourth-order valence-corrected chi connectivity index (χ4v) is 2.50. The van der Waals surface area contributed by atoms with Crippen molar-refractivity contribution in [1.29, 1.82) is 0 Å². The molecule has 0 N–H and O–H groups in total. The lowest BCUT2D eigenvalue weighted by Gasteiger charge is -2.20. The molecule has 0 aliphatic rings. The van der Waals surface area contributed by atoms with E-state index < -0.39 is 0 Å². The van der Waals surface area contributed by atoms with E-state index >= 15 is 0 Å². The Morgan fingerprint density at radius 3 is 2.70 bits per heavy atom. The van der Waals surface area contributed by atoms with Crippen molar-refractivity contribution in [3.05, 3.63) is 40.4 Å². The molecule has 4 nitrogen and oxygen atoms in total. The third kappa shape index (κ3) is 3.02. The molecule has 2 rings (SSSR count). The lowest BCUT2D eigenvalue weighted by atomic mass is 10.2. The molecule has 108 valence electrons. The summed E-state index contributed by atoms with van der Waals surface area (Å²) in [5, 5.41) is 0.651. The highest BCUT2D eigenvalue weighted by Gasteiger charge is 2.15. The molecule has 2 aromatic rings. The second-order valence-corrected chi connectivity index (χ2v) is 5.56. The number of aromatic nitrogens is 2. The Labute approximate surface area is 124 Å². The van der Waals surface area contributed by atoms with Gasteiger partial charge in [0.2, 0.25) is 0 Å². The Balaban J connectivity index is 2.50. The summed E-state index contributed by atoms with van der Waals surface area (Å²) in [6.07, 6.45) is 0.886. The summed E-state index contributed by atoms with van der Waals surface area (Å²) in [7, 11) is 4.05. The van der Waals surface area contributed by atoms with Crippen LogP contribution in [0.5, 0.6) is 0 Å². The van der Waals surface area contributed by atoms with Gasteiger partial charge in [0, 0.05) is 6.04 Å². The van der Waals surface area contributed by atoms with Gasteiger partial charge >= 0.3 is 0 Å². The molecule has 0 bridgehead atoms. The number of para-hydroxylation sites is 1. The second kappa shape index (κ2) is 6.37. The van der Waals surface area contributed by atoms with Crippen LogP contribution in [0, 0.1) is 0 Å². The zero-order valence-corrected chi connectivity index (χ0v) is 12.9. The molecule has 5 heteroatoms. The summed E-state index contributed by atoms with van der Waals surface area (Å²) < 4.78 is 1.73. The van der Waals surface area contributed by atoms with E-state index in [-0.39, 0.29) is 17.5 Å². The Morgan fingerprint density at radius 1 is 1.35 bits per heavy atom. The number of alkyl halides is 1. The van der Waals surface area contributed by atoms with E-state index in [1.807, 2.05) is 45.3 Å². The lowest BCUT2D eigenvalue weighted by molar-refractivity contribution is 0.351. The summed E-state index contributed by atoms with van der Waals surface area (Å²) in [6.45, 7) is 2.96. The SMILES string of the molecule is CC(CCN(C)C)n1c(CCl)nc2ccccc2c1=O. The zero-order chi connectivity index (χ0) is 14.7. The summed E-state index contributed by atoms with van der Waals surface area (Å²) in [5.41, 5.74) is 0.710. The predicted molar refractivity (Wildman–Crippen MR) is 83.4 cm³/mol. The molecular formula is C15H20ClN3O. The highest BCUT2D eigenvalue weighted by Crippen LogP contribution is 2.16. The number of halogens is 1. The Morgan fingerprint density at radius 2 is 2.05 bits per heavy atom. The maximum atomic E-state index is 12.6. The van der Waals surface area contributed by atoms with Gasteiger partial charge in [-0.2, -0.15) is 0 Å². The van der Waals surface area contributed by atoms with Crippen LogP contribution in [0.15, 0.2) is 29.1 Å². The molecule has 1 unspecified atom stereocenters. The number of hydrogen-bond donors (Lipinski definition) is 0. The third-order valence-corrected chi connectivity index (χ3v) is 3.67. The minimum absolute atomic E-state index is 0.00231. The topological polar surface area (TPSA) is 38.1 Å². The molecule has 0 fully saturated rings. The predicted octanol–water partition coefficient (Wildman–Crippen LogP) is 2.65. The first kappa shape index (κ1) is 15.0. The van der Waals surface area contributed by atoms with E-state index in [1.165, 1.54) is 0 Å². The van der Waals surface area contributed by atoms with Gasteiger partial charge in [0.1, 0.15) is 5.82 Å². The van der Waals surface area contributed by atoms with Gasteiger partial charge in [0.05, 0.1) is 16.8 Å². The van der Waals surface area contributed by atoms with Gasteiger partial charge in [-0.15, -0.1) is 11.6 Å². The average Bonchev–Trinajstić information content (AvgIpc) is 2.44. The Hall–Kier alpha value is -1.39. The molecule has 0 saturated heterocycles. The van der Waals surface area contributed by atoms with Gasteiger partial charge in [0.15, 0.2) is 0 Å². The highest BCUT2D eigenvalue weighted by molar-refractivity contribution is 6.16. The van der Waals surface area contributed by atoms with Gasteiger partial charge in [-0.3, -0.25) is 9.36 Å². The maximum absolute atomic E-state index is 12.6. The summed E-state index contributed by atoms with van der Waals surface area (Å²) in [5.74, 6) is 0.883. The van der Waals surface area contributed by atoms with Crippen LogP contribution >= 0.6 is 11.6 Å². The molecule has 20 heavy (non-hydrogen) atoms. The van der Waals surface area contributed by atoms with Gasteiger partial charge in [-0.1, -0.05) is 12.1 Å².